The average Bonchev–Trinajstić information content (AvgIpc) is 3.01. The van der Waals surface area contributed by atoms with Gasteiger partial charge in [-0.25, -0.2) is 13.5 Å². The lowest BCUT2D eigenvalue weighted by Crippen LogP contribution is -2.35. The van der Waals surface area contributed by atoms with E-state index in [0.717, 1.165) is 12.1 Å². The van der Waals surface area contributed by atoms with Crippen molar-refractivity contribution in [2.75, 3.05) is 0 Å². The lowest BCUT2D eigenvalue weighted by molar-refractivity contribution is -0.683. The van der Waals surface area contributed by atoms with Gasteiger partial charge in [-0.05, 0) is 37.0 Å². The number of ketones is 1. The maximum absolute atomic E-state index is 12.9. The van der Waals surface area contributed by atoms with Crippen molar-refractivity contribution in [2.45, 2.75) is 65.0 Å². The molecule has 0 aliphatic carbocycles. The van der Waals surface area contributed by atoms with Crippen LogP contribution in [0.4, 0.5) is 4.39 Å². The Morgan fingerprint density at radius 1 is 1.12 bits per heavy atom. The molecular weight excluding hydrogens is 303 g/mol. The highest BCUT2D eigenvalue weighted by Gasteiger charge is 2.09. The van der Waals surface area contributed by atoms with Crippen molar-refractivity contribution >= 4 is 5.78 Å². The van der Waals surface area contributed by atoms with E-state index >= 15 is 0 Å². The fourth-order valence-electron chi connectivity index (χ4n) is 2.78. The monoisotopic (exact) mass is 331 g/mol. The SMILES string of the molecule is CCCCCCCn1cc[n+](CC(=O)CCc2ccc(F)cc2)c1. The van der Waals surface area contributed by atoms with E-state index < -0.39 is 0 Å². The van der Waals surface area contributed by atoms with Crippen LogP contribution in [-0.2, 0) is 24.3 Å². The molecule has 0 unspecified atom stereocenters. The van der Waals surface area contributed by atoms with Crippen LogP contribution in [0.1, 0.15) is 51.0 Å². The van der Waals surface area contributed by atoms with Gasteiger partial charge in [-0.15, -0.1) is 0 Å². The molecule has 0 amide bonds. The molecule has 0 saturated carbocycles. The van der Waals surface area contributed by atoms with Crippen molar-refractivity contribution in [3.63, 3.8) is 0 Å². The van der Waals surface area contributed by atoms with Gasteiger partial charge < -0.3 is 0 Å². The average molecular weight is 331 g/mol. The van der Waals surface area contributed by atoms with Crippen LogP contribution >= 0.6 is 0 Å². The van der Waals surface area contributed by atoms with E-state index in [0.29, 0.717) is 19.4 Å². The maximum atomic E-state index is 12.9. The largest absolute Gasteiger partial charge is 0.295 e. The number of Topliss-reactive ketones (excluding diaryl/α,β-unsaturated/α-hetero) is 1. The van der Waals surface area contributed by atoms with Crippen LogP contribution in [-0.4, -0.2) is 10.4 Å². The van der Waals surface area contributed by atoms with Crippen LogP contribution in [0.25, 0.3) is 0 Å². The molecule has 2 aromatic rings. The molecule has 24 heavy (non-hydrogen) atoms. The van der Waals surface area contributed by atoms with Crippen LogP contribution in [0.2, 0.25) is 0 Å². The Balaban J connectivity index is 1.69. The fraction of sp³-hybridized carbons (Fsp3) is 0.500. The highest BCUT2D eigenvalue weighted by atomic mass is 19.1. The smallest absolute Gasteiger partial charge is 0.244 e. The summed E-state index contributed by atoms with van der Waals surface area (Å²) in [6.45, 7) is 3.65. The summed E-state index contributed by atoms with van der Waals surface area (Å²) < 4.78 is 16.9. The molecule has 3 nitrogen and oxygen atoms in total. The molecule has 0 radical (unpaired) electrons. The van der Waals surface area contributed by atoms with Gasteiger partial charge >= 0.3 is 0 Å². The van der Waals surface area contributed by atoms with E-state index in [1.807, 2.05) is 23.3 Å². The van der Waals surface area contributed by atoms with Crippen LogP contribution < -0.4 is 4.57 Å². The zero-order valence-electron chi connectivity index (χ0n) is 14.6. The fourth-order valence-corrected chi connectivity index (χ4v) is 2.78. The lowest BCUT2D eigenvalue weighted by Gasteiger charge is -2.00. The van der Waals surface area contributed by atoms with E-state index in [2.05, 4.69) is 11.5 Å². The summed E-state index contributed by atoms with van der Waals surface area (Å²) in [6.07, 6.45) is 13.5. The third-order valence-corrected chi connectivity index (χ3v) is 4.23. The van der Waals surface area contributed by atoms with E-state index in [4.69, 9.17) is 0 Å². The number of hydrogen-bond acceptors (Lipinski definition) is 1. The molecule has 130 valence electrons. The first-order valence-corrected chi connectivity index (χ1v) is 8.98. The Bertz CT molecular complexity index is 619. The van der Waals surface area contributed by atoms with Crippen LogP contribution in [0.3, 0.4) is 0 Å². The number of hydrogen-bond donors (Lipinski definition) is 0. The number of carbonyl (C=O) groups excluding carboxylic acids is 1. The standard InChI is InChI=1S/C20H28FN2O/c1-2-3-4-5-6-13-22-14-15-23(17-22)16-20(24)12-9-18-7-10-19(21)11-8-18/h7-8,10-11,14-15,17H,2-6,9,12-13,16H2,1H3/q+1. The second kappa shape index (κ2) is 10.0. The number of carbonyl (C=O) groups is 1. The van der Waals surface area contributed by atoms with E-state index in [9.17, 15) is 9.18 Å². The van der Waals surface area contributed by atoms with Gasteiger partial charge in [-0.3, -0.25) is 4.79 Å². The van der Waals surface area contributed by atoms with Crippen molar-refractivity contribution in [3.8, 4) is 0 Å². The number of aromatic nitrogens is 2. The zero-order chi connectivity index (χ0) is 17.2. The molecule has 0 spiro atoms. The van der Waals surface area contributed by atoms with Crippen molar-refractivity contribution < 1.29 is 13.8 Å². The Kier molecular flexibility index (Phi) is 7.66. The third-order valence-electron chi connectivity index (χ3n) is 4.23. The van der Waals surface area contributed by atoms with Crippen molar-refractivity contribution in [2.24, 2.45) is 0 Å². The summed E-state index contributed by atoms with van der Waals surface area (Å²) >= 11 is 0. The highest BCUT2D eigenvalue weighted by Crippen LogP contribution is 2.06. The highest BCUT2D eigenvalue weighted by molar-refractivity contribution is 5.77. The summed E-state index contributed by atoms with van der Waals surface area (Å²) in [7, 11) is 0. The van der Waals surface area contributed by atoms with E-state index in [-0.39, 0.29) is 11.6 Å². The van der Waals surface area contributed by atoms with Gasteiger partial charge in [-0.2, -0.15) is 0 Å². The molecule has 4 heteroatoms. The Morgan fingerprint density at radius 2 is 1.88 bits per heavy atom. The van der Waals surface area contributed by atoms with Gasteiger partial charge in [0.05, 0.1) is 6.54 Å². The number of aryl methyl sites for hydroxylation is 2. The number of halogens is 1. The molecule has 2 rings (SSSR count). The number of imidazole rings is 1. The molecule has 0 atom stereocenters. The topological polar surface area (TPSA) is 25.9 Å². The molecule has 0 aliphatic heterocycles. The summed E-state index contributed by atoms with van der Waals surface area (Å²) in [5, 5.41) is 0. The predicted molar refractivity (Wildman–Crippen MR) is 93.1 cm³/mol. The number of unbranched alkanes of at least 4 members (excludes halogenated alkanes) is 4. The molecule has 0 aliphatic rings. The second-order valence-corrected chi connectivity index (χ2v) is 6.40. The summed E-state index contributed by atoms with van der Waals surface area (Å²) in [6, 6.07) is 6.36. The Morgan fingerprint density at radius 3 is 2.62 bits per heavy atom. The first kappa shape index (κ1) is 18.4. The normalized spacial score (nSPS) is 10.9. The molecule has 1 heterocycles. The summed E-state index contributed by atoms with van der Waals surface area (Å²) in [5.41, 5.74) is 0.999. The number of rotatable bonds is 11. The first-order valence-electron chi connectivity index (χ1n) is 8.98. The van der Waals surface area contributed by atoms with Crippen LogP contribution in [0.15, 0.2) is 43.0 Å². The molecule has 0 bridgehead atoms. The minimum absolute atomic E-state index is 0.199. The zero-order valence-corrected chi connectivity index (χ0v) is 14.6. The Labute approximate surface area is 144 Å². The van der Waals surface area contributed by atoms with Gasteiger partial charge in [0.2, 0.25) is 6.33 Å². The van der Waals surface area contributed by atoms with Crippen molar-refractivity contribution in [1.29, 1.82) is 0 Å². The Hall–Kier alpha value is -1.97. The minimum atomic E-state index is -0.239. The number of benzene rings is 1. The molecule has 0 fully saturated rings. The summed E-state index contributed by atoms with van der Waals surface area (Å²) in [4.78, 5) is 12.1. The van der Waals surface area contributed by atoms with Gasteiger partial charge in [0.15, 0.2) is 5.78 Å². The second-order valence-electron chi connectivity index (χ2n) is 6.40. The van der Waals surface area contributed by atoms with Crippen molar-refractivity contribution in [3.05, 3.63) is 54.4 Å². The van der Waals surface area contributed by atoms with Gasteiger partial charge in [0.25, 0.3) is 0 Å². The van der Waals surface area contributed by atoms with Gasteiger partial charge in [0.1, 0.15) is 24.8 Å². The quantitative estimate of drug-likeness (QED) is 0.450. The summed E-state index contributed by atoms with van der Waals surface area (Å²) in [5.74, 6) is -0.0401. The first-order chi connectivity index (χ1) is 11.7. The van der Waals surface area contributed by atoms with Crippen molar-refractivity contribution in [1.82, 2.24) is 4.57 Å². The lowest BCUT2D eigenvalue weighted by atomic mass is 10.1. The van der Waals surface area contributed by atoms with E-state index in [1.54, 1.807) is 12.1 Å². The molecular formula is C20H28FN2O+. The van der Waals surface area contributed by atoms with E-state index in [1.165, 1.54) is 44.2 Å². The number of nitrogens with zero attached hydrogens (tertiary/aromatic N) is 2. The third kappa shape index (κ3) is 6.65. The molecule has 0 saturated heterocycles. The van der Waals surface area contributed by atoms with Gasteiger partial charge in [-0.1, -0.05) is 38.3 Å². The maximum Gasteiger partial charge on any atom is 0.244 e. The van der Waals surface area contributed by atoms with Crippen LogP contribution in [0.5, 0.6) is 0 Å². The molecule has 1 aromatic heterocycles. The minimum Gasteiger partial charge on any atom is -0.295 e. The van der Waals surface area contributed by atoms with Crippen LogP contribution in [0, 0.1) is 5.82 Å². The predicted octanol–water partition coefficient (Wildman–Crippen LogP) is 4.09. The molecule has 1 aromatic carbocycles. The molecule has 0 N–H and O–H groups in total. The van der Waals surface area contributed by atoms with Gasteiger partial charge in [0, 0.05) is 6.42 Å².